The summed E-state index contributed by atoms with van der Waals surface area (Å²) in [6.07, 6.45) is 13.3. The number of thiazole rings is 1. The van der Waals surface area contributed by atoms with Gasteiger partial charge in [0, 0.05) is 51.1 Å². The van der Waals surface area contributed by atoms with Crippen molar-refractivity contribution in [1.82, 2.24) is 25.3 Å². The molecule has 2 aliphatic heterocycles. The van der Waals surface area contributed by atoms with Crippen LogP contribution in [0.5, 0.6) is 5.19 Å². The normalized spacial score (nSPS) is 17.7. The lowest BCUT2D eigenvalue weighted by atomic mass is 10.0. The van der Waals surface area contributed by atoms with Gasteiger partial charge in [-0.1, -0.05) is 30.8 Å². The number of ether oxygens (including phenoxy) is 1. The number of aryl methyl sites for hydroxylation is 1. The van der Waals surface area contributed by atoms with Crippen LogP contribution in [-0.2, 0) is 6.42 Å². The third kappa shape index (κ3) is 4.70. The summed E-state index contributed by atoms with van der Waals surface area (Å²) < 4.78 is 7.32. The largest absolute Gasteiger partial charge is 0.467 e. The van der Waals surface area contributed by atoms with Gasteiger partial charge in [0.25, 0.3) is 5.19 Å². The minimum Gasteiger partial charge on any atom is -0.467 e. The van der Waals surface area contributed by atoms with E-state index in [-0.39, 0.29) is 6.10 Å². The maximum absolute atomic E-state index is 6.24. The first-order valence-electron chi connectivity index (χ1n) is 11.2. The van der Waals surface area contributed by atoms with Crippen LogP contribution >= 0.6 is 11.3 Å². The van der Waals surface area contributed by atoms with Crippen molar-refractivity contribution < 1.29 is 4.74 Å². The van der Waals surface area contributed by atoms with Crippen LogP contribution in [0.1, 0.15) is 43.7 Å². The van der Waals surface area contributed by atoms with Crippen LogP contribution in [0.3, 0.4) is 0 Å². The molecule has 1 saturated heterocycles. The number of hydrogen-bond acceptors (Lipinski definition) is 8. The molecule has 3 aromatic rings. The van der Waals surface area contributed by atoms with Gasteiger partial charge in [-0.15, -0.1) is 0 Å². The summed E-state index contributed by atoms with van der Waals surface area (Å²) in [6.45, 7) is 5.91. The van der Waals surface area contributed by atoms with Gasteiger partial charge < -0.3 is 15.0 Å². The molecular formula is C23H28N6OS. The van der Waals surface area contributed by atoms with E-state index in [1.54, 1.807) is 11.3 Å². The Bertz CT molecular complexity index is 1060. The monoisotopic (exact) mass is 436 g/mol. The first-order valence-corrected chi connectivity index (χ1v) is 12.0. The number of hydrogen-bond donors (Lipinski definition) is 1. The Kier molecular flexibility index (Phi) is 6.08. The molecular weight excluding hydrogens is 408 g/mol. The molecule has 31 heavy (non-hydrogen) atoms. The van der Waals surface area contributed by atoms with Gasteiger partial charge in [-0.2, -0.15) is 4.98 Å². The van der Waals surface area contributed by atoms with Gasteiger partial charge >= 0.3 is 0 Å². The predicted octanol–water partition coefficient (Wildman–Crippen LogP) is 3.86. The minimum absolute atomic E-state index is 0.169. The Morgan fingerprint density at radius 1 is 1.16 bits per heavy atom. The van der Waals surface area contributed by atoms with E-state index in [1.807, 2.05) is 18.6 Å². The summed E-state index contributed by atoms with van der Waals surface area (Å²) in [6, 6.07) is 2.20. The minimum atomic E-state index is 0.169. The predicted molar refractivity (Wildman–Crippen MR) is 125 cm³/mol. The SMILES string of the molecule is CCCc1cnc(N2CCC(Oc3nc4ncc(C5=CCNCC5)cc4s3)CC2)nc1. The molecule has 5 rings (SSSR count). The summed E-state index contributed by atoms with van der Waals surface area (Å²) in [5, 5.41) is 4.07. The van der Waals surface area contributed by atoms with E-state index < -0.39 is 0 Å². The van der Waals surface area contributed by atoms with E-state index in [1.165, 1.54) is 16.7 Å². The Labute approximate surface area is 186 Å². The van der Waals surface area contributed by atoms with E-state index in [0.717, 1.165) is 79.8 Å². The molecule has 3 aromatic heterocycles. The zero-order chi connectivity index (χ0) is 21.0. The molecule has 0 spiro atoms. The van der Waals surface area contributed by atoms with Crippen LogP contribution in [0.15, 0.2) is 30.7 Å². The Morgan fingerprint density at radius 3 is 2.74 bits per heavy atom. The lowest BCUT2D eigenvalue weighted by Crippen LogP contribution is -2.39. The molecule has 2 aliphatic rings. The fourth-order valence-corrected chi connectivity index (χ4v) is 5.04. The first-order chi connectivity index (χ1) is 15.3. The Hall–Kier alpha value is -2.58. The van der Waals surface area contributed by atoms with Gasteiger partial charge in [-0.3, -0.25) is 0 Å². The molecule has 0 bridgehead atoms. The van der Waals surface area contributed by atoms with Crippen LogP contribution in [0, 0.1) is 0 Å². The van der Waals surface area contributed by atoms with Gasteiger partial charge in [0.05, 0.1) is 4.70 Å². The van der Waals surface area contributed by atoms with Gasteiger partial charge in [0.1, 0.15) is 6.10 Å². The molecule has 0 amide bonds. The van der Waals surface area contributed by atoms with Crippen molar-refractivity contribution >= 4 is 33.2 Å². The third-order valence-corrected chi connectivity index (χ3v) is 6.77. The number of pyridine rings is 1. The smallest absolute Gasteiger partial charge is 0.276 e. The summed E-state index contributed by atoms with van der Waals surface area (Å²) in [4.78, 5) is 20.5. The zero-order valence-electron chi connectivity index (χ0n) is 17.9. The highest BCUT2D eigenvalue weighted by Gasteiger charge is 2.23. The van der Waals surface area contributed by atoms with Crippen molar-refractivity contribution in [3.63, 3.8) is 0 Å². The maximum Gasteiger partial charge on any atom is 0.276 e. The van der Waals surface area contributed by atoms with Crippen molar-refractivity contribution in [2.75, 3.05) is 31.1 Å². The highest BCUT2D eigenvalue weighted by atomic mass is 32.1. The average molecular weight is 437 g/mol. The van der Waals surface area contributed by atoms with E-state index >= 15 is 0 Å². The average Bonchev–Trinajstić information content (AvgIpc) is 3.22. The maximum atomic E-state index is 6.24. The Morgan fingerprint density at radius 2 is 2.00 bits per heavy atom. The van der Waals surface area contributed by atoms with Crippen LogP contribution in [0.4, 0.5) is 5.95 Å². The molecule has 0 atom stereocenters. The second kappa shape index (κ2) is 9.28. The fourth-order valence-electron chi connectivity index (χ4n) is 4.16. The number of piperidine rings is 1. The summed E-state index contributed by atoms with van der Waals surface area (Å²) >= 11 is 1.60. The second-order valence-electron chi connectivity index (χ2n) is 8.15. The highest BCUT2D eigenvalue weighted by molar-refractivity contribution is 7.20. The summed E-state index contributed by atoms with van der Waals surface area (Å²) in [5.41, 5.74) is 4.54. The number of anilines is 1. The van der Waals surface area contributed by atoms with E-state index in [9.17, 15) is 0 Å². The number of fused-ring (bicyclic) bond motifs is 1. The second-order valence-corrected chi connectivity index (χ2v) is 9.15. The molecule has 0 saturated carbocycles. The number of aromatic nitrogens is 4. The molecule has 8 heteroatoms. The van der Waals surface area contributed by atoms with Gasteiger partial charge in [-0.25, -0.2) is 15.0 Å². The number of nitrogens with zero attached hydrogens (tertiary/aromatic N) is 5. The van der Waals surface area contributed by atoms with E-state index in [2.05, 4.69) is 49.2 Å². The third-order valence-electron chi connectivity index (χ3n) is 5.88. The van der Waals surface area contributed by atoms with Gasteiger partial charge in [-0.05, 0) is 42.2 Å². The molecule has 0 unspecified atom stereocenters. The topological polar surface area (TPSA) is 76.1 Å². The van der Waals surface area contributed by atoms with Crippen molar-refractivity contribution in [1.29, 1.82) is 0 Å². The molecule has 1 N–H and O–H groups in total. The quantitative estimate of drug-likeness (QED) is 0.629. The lowest BCUT2D eigenvalue weighted by Gasteiger charge is -2.31. The molecule has 0 aromatic carbocycles. The molecule has 0 aliphatic carbocycles. The van der Waals surface area contributed by atoms with Gasteiger partial charge in [0.15, 0.2) is 5.65 Å². The van der Waals surface area contributed by atoms with E-state index in [4.69, 9.17) is 4.74 Å². The number of nitrogens with one attached hydrogen (secondary N) is 1. The summed E-state index contributed by atoms with van der Waals surface area (Å²) in [5.74, 6) is 0.822. The van der Waals surface area contributed by atoms with Crippen molar-refractivity contribution in [2.45, 2.75) is 45.1 Å². The molecule has 0 radical (unpaired) electrons. The summed E-state index contributed by atoms with van der Waals surface area (Å²) in [7, 11) is 0. The number of rotatable bonds is 6. The van der Waals surface area contributed by atoms with Crippen molar-refractivity contribution in [3.05, 3.63) is 41.9 Å². The van der Waals surface area contributed by atoms with Crippen LogP contribution in [-0.4, -0.2) is 52.2 Å². The van der Waals surface area contributed by atoms with Crippen LogP contribution in [0.2, 0.25) is 0 Å². The van der Waals surface area contributed by atoms with Crippen molar-refractivity contribution in [3.8, 4) is 5.19 Å². The Balaban J connectivity index is 1.20. The van der Waals surface area contributed by atoms with E-state index in [0.29, 0.717) is 0 Å². The highest BCUT2D eigenvalue weighted by Crippen LogP contribution is 2.31. The first kappa shape index (κ1) is 20.3. The van der Waals surface area contributed by atoms with Crippen molar-refractivity contribution in [2.24, 2.45) is 0 Å². The van der Waals surface area contributed by atoms with Gasteiger partial charge in [0.2, 0.25) is 5.95 Å². The molecule has 7 nitrogen and oxygen atoms in total. The molecule has 1 fully saturated rings. The zero-order valence-corrected chi connectivity index (χ0v) is 18.7. The molecule has 162 valence electrons. The lowest BCUT2D eigenvalue weighted by molar-refractivity contribution is 0.170. The van der Waals surface area contributed by atoms with Crippen LogP contribution < -0.4 is 15.0 Å². The fraction of sp³-hybridized carbons (Fsp3) is 0.478. The molecule has 5 heterocycles. The standard InChI is InChI=1S/C23H28N6OS/c1-2-3-16-13-26-22(27-14-16)29-10-6-19(7-11-29)30-23-28-21-20(31-23)12-18(15-25-21)17-4-8-24-9-5-17/h4,12-15,19,24H,2-3,5-11H2,1H3. The van der Waals surface area contributed by atoms with Crippen LogP contribution in [0.25, 0.3) is 15.9 Å².